The molecule has 1 aliphatic rings. The molecule has 0 spiro atoms. The Bertz CT molecular complexity index is 259. The van der Waals surface area contributed by atoms with E-state index in [-0.39, 0.29) is 0 Å². The van der Waals surface area contributed by atoms with Crippen LogP contribution >= 0.6 is 11.8 Å². The lowest BCUT2D eigenvalue weighted by Crippen LogP contribution is -2.28. The Morgan fingerprint density at radius 1 is 1.50 bits per heavy atom. The predicted octanol–water partition coefficient (Wildman–Crippen LogP) is 2.63. The molecule has 0 aromatic rings. The van der Waals surface area contributed by atoms with Crippen LogP contribution in [0.4, 0.5) is 17.6 Å². The second-order valence-electron chi connectivity index (χ2n) is 2.87. The van der Waals surface area contributed by atoms with E-state index in [4.69, 9.17) is 0 Å². The first-order valence-electron chi connectivity index (χ1n) is 3.90. The summed E-state index contributed by atoms with van der Waals surface area (Å²) in [5.41, 5.74) is -0.998. The number of aliphatic imine (C=N–C) groups is 1. The lowest BCUT2D eigenvalue weighted by molar-refractivity contribution is -0.0865. The molecule has 0 amide bonds. The van der Waals surface area contributed by atoms with E-state index in [0.717, 1.165) is 0 Å². The van der Waals surface area contributed by atoms with Crippen molar-refractivity contribution in [2.75, 3.05) is 12.0 Å². The summed E-state index contributed by atoms with van der Waals surface area (Å²) in [6.45, 7) is 0. The standard InChI is InChI=1S/C8H9F4NS/c1-14-4-7-6(9)2-5(3-13-7)8(10,11)12/h2-3,6-7H,4H2,1H3. The highest BCUT2D eigenvalue weighted by Gasteiger charge is 2.36. The van der Waals surface area contributed by atoms with E-state index >= 15 is 0 Å². The van der Waals surface area contributed by atoms with E-state index in [1.807, 2.05) is 0 Å². The highest BCUT2D eigenvalue weighted by atomic mass is 32.2. The van der Waals surface area contributed by atoms with Crippen LogP contribution in [0.25, 0.3) is 0 Å². The molecular weight excluding hydrogens is 218 g/mol. The molecule has 0 N–H and O–H groups in total. The zero-order valence-electron chi connectivity index (χ0n) is 7.38. The summed E-state index contributed by atoms with van der Waals surface area (Å²) in [7, 11) is 0. The van der Waals surface area contributed by atoms with E-state index in [1.165, 1.54) is 11.8 Å². The summed E-state index contributed by atoms with van der Waals surface area (Å²) in [6, 6.07) is -0.684. The predicted molar refractivity (Wildman–Crippen MR) is 49.7 cm³/mol. The summed E-state index contributed by atoms with van der Waals surface area (Å²) in [5, 5.41) is 0. The van der Waals surface area contributed by atoms with Gasteiger partial charge in [-0.1, -0.05) is 0 Å². The first-order valence-corrected chi connectivity index (χ1v) is 5.29. The quantitative estimate of drug-likeness (QED) is 0.660. The van der Waals surface area contributed by atoms with Crippen molar-refractivity contribution < 1.29 is 17.6 Å². The maximum atomic E-state index is 13.1. The monoisotopic (exact) mass is 227 g/mol. The topological polar surface area (TPSA) is 12.4 Å². The van der Waals surface area contributed by atoms with Crippen LogP contribution in [0.2, 0.25) is 0 Å². The van der Waals surface area contributed by atoms with Crippen LogP contribution < -0.4 is 0 Å². The van der Waals surface area contributed by atoms with E-state index in [9.17, 15) is 17.6 Å². The molecule has 1 rings (SSSR count). The number of rotatable bonds is 2. The Kier molecular flexibility index (Phi) is 3.58. The molecule has 0 aromatic heterocycles. The van der Waals surface area contributed by atoms with Crippen molar-refractivity contribution >= 4 is 18.0 Å². The molecule has 0 bridgehead atoms. The van der Waals surface area contributed by atoms with Gasteiger partial charge < -0.3 is 0 Å². The van der Waals surface area contributed by atoms with E-state index in [2.05, 4.69) is 4.99 Å². The van der Waals surface area contributed by atoms with Gasteiger partial charge >= 0.3 is 6.18 Å². The first-order chi connectivity index (χ1) is 6.45. The number of halogens is 4. The van der Waals surface area contributed by atoms with Gasteiger partial charge in [-0.3, -0.25) is 4.99 Å². The summed E-state index contributed by atoms with van der Waals surface area (Å²) in [6.07, 6.45) is -3.09. The molecule has 2 atom stereocenters. The van der Waals surface area contributed by atoms with Crippen LogP contribution in [0.1, 0.15) is 0 Å². The van der Waals surface area contributed by atoms with E-state index < -0.39 is 24.0 Å². The second kappa shape index (κ2) is 4.33. The smallest absolute Gasteiger partial charge is 0.285 e. The molecule has 2 unspecified atom stereocenters. The van der Waals surface area contributed by atoms with Crippen molar-refractivity contribution in [3.63, 3.8) is 0 Å². The third-order valence-electron chi connectivity index (χ3n) is 1.78. The third kappa shape index (κ3) is 2.73. The van der Waals surface area contributed by atoms with Crippen molar-refractivity contribution in [3.8, 4) is 0 Å². The summed E-state index contributed by atoms with van der Waals surface area (Å²) in [5.74, 6) is 0.388. The average Bonchev–Trinajstić information content (AvgIpc) is 2.07. The van der Waals surface area contributed by atoms with E-state index in [1.54, 1.807) is 6.26 Å². The number of nitrogens with zero attached hydrogens (tertiary/aromatic N) is 1. The van der Waals surface area contributed by atoms with Crippen LogP contribution in [0.15, 0.2) is 16.6 Å². The van der Waals surface area contributed by atoms with Crippen LogP contribution in [0, 0.1) is 0 Å². The molecule has 6 heteroatoms. The summed E-state index contributed by atoms with van der Waals surface area (Å²) < 4.78 is 49.4. The van der Waals surface area contributed by atoms with Gasteiger partial charge in [0.2, 0.25) is 0 Å². The zero-order chi connectivity index (χ0) is 10.8. The molecule has 0 saturated carbocycles. The fraction of sp³-hybridized carbons (Fsp3) is 0.625. The minimum Gasteiger partial charge on any atom is -0.285 e. The molecule has 0 saturated heterocycles. The largest absolute Gasteiger partial charge is 0.417 e. The summed E-state index contributed by atoms with van der Waals surface area (Å²) in [4.78, 5) is 3.54. The van der Waals surface area contributed by atoms with Gasteiger partial charge in [-0.15, -0.1) is 0 Å². The van der Waals surface area contributed by atoms with Gasteiger partial charge in [0.1, 0.15) is 6.17 Å². The fourth-order valence-electron chi connectivity index (χ4n) is 1.06. The molecule has 14 heavy (non-hydrogen) atoms. The molecule has 0 radical (unpaired) electrons. The van der Waals surface area contributed by atoms with Gasteiger partial charge in [0.05, 0.1) is 11.6 Å². The maximum absolute atomic E-state index is 13.1. The van der Waals surface area contributed by atoms with Gasteiger partial charge in [0.15, 0.2) is 0 Å². The van der Waals surface area contributed by atoms with Crippen molar-refractivity contribution in [3.05, 3.63) is 11.6 Å². The number of allylic oxidation sites excluding steroid dienone is 1. The van der Waals surface area contributed by atoms with Crippen LogP contribution in [0.3, 0.4) is 0 Å². The number of thioether (sulfide) groups is 1. The third-order valence-corrected chi connectivity index (χ3v) is 2.45. The molecule has 0 aromatic carbocycles. The van der Waals surface area contributed by atoms with Gasteiger partial charge in [-0.25, -0.2) is 4.39 Å². The van der Waals surface area contributed by atoms with Crippen LogP contribution in [0.5, 0.6) is 0 Å². The second-order valence-corrected chi connectivity index (χ2v) is 3.78. The fourth-order valence-corrected chi connectivity index (χ4v) is 1.67. The van der Waals surface area contributed by atoms with Gasteiger partial charge in [0, 0.05) is 12.0 Å². The van der Waals surface area contributed by atoms with E-state index in [0.29, 0.717) is 18.0 Å². The van der Waals surface area contributed by atoms with Crippen molar-refractivity contribution in [2.24, 2.45) is 4.99 Å². The maximum Gasteiger partial charge on any atom is 0.417 e. The van der Waals surface area contributed by atoms with Crippen molar-refractivity contribution in [2.45, 2.75) is 18.4 Å². The molecule has 0 fully saturated rings. The minimum atomic E-state index is -4.50. The number of alkyl halides is 4. The molecule has 1 nitrogen and oxygen atoms in total. The number of hydrogen-bond donors (Lipinski definition) is 0. The van der Waals surface area contributed by atoms with Crippen LogP contribution in [-0.4, -0.2) is 36.6 Å². The lowest BCUT2D eigenvalue weighted by Gasteiger charge is -2.19. The molecular formula is C8H9F4NS. The Morgan fingerprint density at radius 3 is 2.57 bits per heavy atom. The molecule has 0 aliphatic carbocycles. The van der Waals surface area contributed by atoms with Crippen molar-refractivity contribution in [1.82, 2.24) is 0 Å². The van der Waals surface area contributed by atoms with Crippen LogP contribution in [-0.2, 0) is 0 Å². The van der Waals surface area contributed by atoms with Gasteiger partial charge in [-0.2, -0.15) is 24.9 Å². The molecule has 1 aliphatic heterocycles. The normalized spacial score (nSPS) is 27.6. The zero-order valence-corrected chi connectivity index (χ0v) is 8.20. The molecule has 1 heterocycles. The van der Waals surface area contributed by atoms with Crippen molar-refractivity contribution in [1.29, 1.82) is 0 Å². The Labute approximate surface area is 83.3 Å². The Hall–Kier alpha value is -0.520. The molecule has 80 valence electrons. The Morgan fingerprint density at radius 2 is 2.14 bits per heavy atom. The highest BCUT2D eigenvalue weighted by Crippen LogP contribution is 2.28. The lowest BCUT2D eigenvalue weighted by atomic mass is 10.1. The highest BCUT2D eigenvalue weighted by molar-refractivity contribution is 7.98. The average molecular weight is 227 g/mol. The number of dihydropyridines is 1. The number of hydrogen-bond acceptors (Lipinski definition) is 2. The van der Waals surface area contributed by atoms with Gasteiger partial charge in [-0.05, 0) is 12.3 Å². The first kappa shape index (κ1) is 11.6. The minimum absolute atomic E-state index is 0.388. The Balaban J connectivity index is 2.72. The van der Waals surface area contributed by atoms with Gasteiger partial charge in [0.25, 0.3) is 0 Å². The summed E-state index contributed by atoms with van der Waals surface area (Å²) >= 11 is 1.36. The SMILES string of the molecule is CSCC1N=CC(C(F)(F)F)=CC1F.